The highest BCUT2D eigenvalue weighted by atomic mass is 16.3. The first-order valence-corrected chi connectivity index (χ1v) is 8.43. The van der Waals surface area contributed by atoms with E-state index in [1.165, 1.54) is 0 Å². The van der Waals surface area contributed by atoms with Crippen molar-refractivity contribution in [3.05, 3.63) is 60.2 Å². The van der Waals surface area contributed by atoms with Crippen LogP contribution in [0.5, 0.6) is 0 Å². The van der Waals surface area contributed by atoms with Crippen LogP contribution < -0.4 is 4.90 Å². The number of likely N-dealkylation sites (tertiary alicyclic amines) is 1. The molecule has 1 saturated heterocycles. The van der Waals surface area contributed by atoms with Gasteiger partial charge < -0.3 is 14.9 Å². The molecule has 1 aliphatic rings. The predicted molar refractivity (Wildman–Crippen MR) is 96.6 cm³/mol. The number of aliphatic hydroxyl groups excluding tert-OH is 1. The minimum absolute atomic E-state index is 0.0385. The fourth-order valence-corrected chi connectivity index (χ4v) is 3.27. The van der Waals surface area contributed by atoms with E-state index >= 15 is 0 Å². The summed E-state index contributed by atoms with van der Waals surface area (Å²) in [5.74, 6) is 0.212. The molecule has 2 atom stereocenters. The van der Waals surface area contributed by atoms with E-state index < -0.39 is 0 Å². The molecule has 1 heterocycles. The van der Waals surface area contributed by atoms with Crippen molar-refractivity contribution in [2.75, 3.05) is 25.0 Å². The van der Waals surface area contributed by atoms with E-state index in [0.717, 1.165) is 17.8 Å². The molecule has 2 unspecified atom stereocenters. The Morgan fingerprint density at radius 3 is 2.50 bits per heavy atom. The van der Waals surface area contributed by atoms with Crippen molar-refractivity contribution in [3.63, 3.8) is 0 Å². The number of carbonyl (C=O) groups is 1. The van der Waals surface area contributed by atoms with Crippen LogP contribution in [0.2, 0.25) is 0 Å². The van der Waals surface area contributed by atoms with Crippen molar-refractivity contribution >= 4 is 17.3 Å². The highest BCUT2D eigenvalue weighted by molar-refractivity contribution is 6.00. The molecule has 3 rings (SSSR count). The first kappa shape index (κ1) is 16.5. The lowest BCUT2D eigenvalue weighted by molar-refractivity contribution is 0.0763. The van der Waals surface area contributed by atoms with E-state index in [0.29, 0.717) is 18.7 Å². The van der Waals surface area contributed by atoms with E-state index in [1.807, 2.05) is 71.4 Å². The largest absolute Gasteiger partial charge is 0.393 e. The van der Waals surface area contributed by atoms with Crippen molar-refractivity contribution in [1.29, 1.82) is 0 Å². The van der Waals surface area contributed by atoms with Gasteiger partial charge in [-0.15, -0.1) is 0 Å². The van der Waals surface area contributed by atoms with Crippen LogP contribution in [0.1, 0.15) is 23.7 Å². The first-order chi connectivity index (χ1) is 11.6. The quantitative estimate of drug-likeness (QED) is 0.938. The van der Waals surface area contributed by atoms with Crippen LogP contribution in [-0.2, 0) is 0 Å². The molecule has 1 aliphatic heterocycles. The van der Waals surface area contributed by atoms with Crippen LogP contribution >= 0.6 is 0 Å². The molecule has 2 aromatic rings. The zero-order chi connectivity index (χ0) is 17.1. The molecule has 2 aromatic carbocycles. The smallest absolute Gasteiger partial charge is 0.255 e. The average molecular weight is 324 g/mol. The summed E-state index contributed by atoms with van der Waals surface area (Å²) >= 11 is 0. The summed E-state index contributed by atoms with van der Waals surface area (Å²) < 4.78 is 0. The molecule has 1 N–H and O–H groups in total. The highest BCUT2D eigenvalue weighted by Gasteiger charge is 2.30. The molecule has 4 nitrogen and oxygen atoms in total. The van der Waals surface area contributed by atoms with Gasteiger partial charge in [-0.3, -0.25) is 4.79 Å². The van der Waals surface area contributed by atoms with Crippen molar-refractivity contribution in [2.45, 2.75) is 19.4 Å². The van der Waals surface area contributed by atoms with Crippen LogP contribution in [0.4, 0.5) is 11.4 Å². The zero-order valence-corrected chi connectivity index (χ0v) is 14.2. The number of rotatable bonds is 4. The Morgan fingerprint density at radius 1 is 1.17 bits per heavy atom. The second-order valence-corrected chi connectivity index (χ2v) is 6.45. The van der Waals surface area contributed by atoms with Crippen LogP contribution in [0, 0.1) is 5.92 Å². The molecule has 0 radical (unpaired) electrons. The van der Waals surface area contributed by atoms with Crippen LogP contribution in [0.3, 0.4) is 0 Å². The van der Waals surface area contributed by atoms with Gasteiger partial charge in [-0.2, -0.15) is 0 Å². The minimum Gasteiger partial charge on any atom is -0.393 e. The molecule has 1 amide bonds. The van der Waals surface area contributed by atoms with Gasteiger partial charge in [-0.05, 0) is 37.6 Å². The number of anilines is 2. The van der Waals surface area contributed by atoms with Gasteiger partial charge in [0.2, 0.25) is 0 Å². The Kier molecular flexibility index (Phi) is 4.86. The predicted octanol–water partition coefficient (Wildman–Crippen LogP) is 3.30. The Hall–Kier alpha value is -2.33. The lowest BCUT2D eigenvalue weighted by atomic mass is 10.0. The maximum Gasteiger partial charge on any atom is 0.255 e. The lowest BCUT2D eigenvalue weighted by Crippen LogP contribution is -2.31. The Labute approximate surface area is 143 Å². The second-order valence-electron chi connectivity index (χ2n) is 6.45. The Bertz CT molecular complexity index is 700. The Morgan fingerprint density at radius 2 is 1.83 bits per heavy atom. The molecule has 0 aromatic heterocycles. The van der Waals surface area contributed by atoms with Crippen molar-refractivity contribution < 1.29 is 9.90 Å². The van der Waals surface area contributed by atoms with Crippen molar-refractivity contribution in [1.82, 2.24) is 4.90 Å². The number of amides is 1. The fourth-order valence-electron chi connectivity index (χ4n) is 3.27. The van der Waals surface area contributed by atoms with E-state index in [2.05, 4.69) is 0 Å². The monoisotopic (exact) mass is 324 g/mol. The van der Waals surface area contributed by atoms with E-state index in [4.69, 9.17) is 0 Å². The number of aliphatic hydroxyl groups is 1. The highest BCUT2D eigenvalue weighted by Crippen LogP contribution is 2.29. The van der Waals surface area contributed by atoms with Crippen molar-refractivity contribution in [2.24, 2.45) is 5.92 Å². The van der Waals surface area contributed by atoms with Gasteiger partial charge in [0.15, 0.2) is 0 Å². The average Bonchev–Trinajstić information content (AvgIpc) is 3.12. The molecule has 0 bridgehead atoms. The van der Waals surface area contributed by atoms with Crippen molar-refractivity contribution in [3.8, 4) is 0 Å². The fraction of sp³-hybridized carbons (Fsp3) is 0.350. The normalized spacial score (nSPS) is 18.5. The number of nitrogens with zero attached hydrogens (tertiary/aromatic N) is 2. The number of carbonyl (C=O) groups excluding carboxylic acids is 1. The molecule has 4 heteroatoms. The maximum absolute atomic E-state index is 13.0. The maximum atomic E-state index is 13.0. The van der Waals surface area contributed by atoms with Gasteiger partial charge in [0.25, 0.3) is 5.91 Å². The van der Waals surface area contributed by atoms with Gasteiger partial charge >= 0.3 is 0 Å². The van der Waals surface area contributed by atoms with Gasteiger partial charge in [0, 0.05) is 31.7 Å². The molecule has 0 saturated carbocycles. The first-order valence-electron chi connectivity index (χ1n) is 8.43. The molecule has 1 fully saturated rings. The van der Waals surface area contributed by atoms with Gasteiger partial charge in [0.05, 0.1) is 17.4 Å². The van der Waals surface area contributed by atoms with Gasteiger partial charge in [-0.25, -0.2) is 0 Å². The summed E-state index contributed by atoms with van der Waals surface area (Å²) in [4.78, 5) is 16.9. The van der Waals surface area contributed by atoms with E-state index in [9.17, 15) is 9.90 Å². The number of hydrogen-bond acceptors (Lipinski definition) is 3. The number of benzene rings is 2. The zero-order valence-electron chi connectivity index (χ0n) is 14.2. The standard InChI is InChI=1S/C20H24N2O2/c1-15(23)16-12-13-22(14-16)20(24)18-10-6-7-11-19(18)21(2)17-8-4-3-5-9-17/h3-11,15-16,23H,12-14H2,1-2H3. The van der Waals surface area contributed by atoms with Gasteiger partial charge in [-0.1, -0.05) is 30.3 Å². The third-order valence-electron chi connectivity index (χ3n) is 4.83. The summed E-state index contributed by atoms with van der Waals surface area (Å²) in [5.41, 5.74) is 2.64. The van der Waals surface area contributed by atoms with Crippen LogP contribution in [0.15, 0.2) is 54.6 Å². The van der Waals surface area contributed by atoms with Crippen LogP contribution in [0.25, 0.3) is 0 Å². The summed E-state index contributed by atoms with van der Waals surface area (Å²) in [6, 6.07) is 17.7. The molecule has 24 heavy (non-hydrogen) atoms. The lowest BCUT2D eigenvalue weighted by Gasteiger charge is -2.25. The summed E-state index contributed by atoms with van der Waals surface area (Å²) in [6.45, 7) is 3.13. The van der Waals surface area contributed by atoms with E-state index in [1.54, 1.807) is 6.92 Å². The number of hydrogen-bond donors (Lipinski definition) is 1. The molecule has 0 spiro atoms. The molecular formula is C20H24N2O2. The summed E-state index contributed by atoms with van der Waals surface area (Å²) in [5, 5.41) is 9.77. The van der Waals surface area contributed by atoms with Gasteiger partial charge in [0.1, 0.15) is 0 Å². The Balaban J connectivity index is 1.86. The topological polar surface area (TPSA) is 43.8 Å². The minimum atomic E-state index is -0.370. The van der Waals surface area contributed by atoms with Crippen LogP contribution in [-0.4, -0.2) is 42.2 Å². The third kappa shape index (κ3) is 3.29. The summed E-state index contributed by atoms with van der Waals surface area (Å²) in [7, 11) is 1.98. The summed E-state index contributed by atoms with van der Waals surface area (Å²) in [6.07, 6.45) is 0.491. The SMILES string of the molecule is CC(O)C1CCN(C(=O)c2ccccc2N(C)c2ccccc2)C1. The molecule has 0 aliphatic carbocycles. The van der Waals surface area contributed by atoms with E-state index in [-0.39, 0.29) is 17.9 Å². The molecular weight excluding hydrogens is 300 g/mol. The number of para-hydroxylation sites is 2. The third-order valence-corrected chi connectivity index (χ3v) is 4.83. The second kappa shape index (κ2) is 7.05. The molecule has 126 valence electrons.